The molecule has 0 aromatic heterocycles. The third-order valence-electron chi connectivity index (χ3n) is 6.83. The highest BCUT2D eigenvalue weighted by Gasteiger charge is 2.54. The van der Waals surface area contributed by atoms with Crippen LogP contribution in [0.1, 0.15) is 50.0 Å². The van der Waals surface area contributed by atoms with Crippen LogP contribution in [0.3, 0.4) is 0 Å². The molecule has 6 rings (SSSR count). The highest BCUT2D eigenvalue weighted by Crippen LogP contribution is 2.60. The predicted molar refractivity (Wildman–Crippen MR) is 88.3 cm³/mol. The summed E-state index contributed by atoms with van der Waals surface area (Å²) in [5.41, 5.74) is 1.21. The van der Waals surface area contributed by atoms with Crippen LogP contribution in [0.25, 0.3) is 0 Å². The molecule has 3 heteroatoms. The Hall–Kier alpha value is -1.51. The fraction of sp³-hybridized carbons (Fsp3) is 0.650. The molecule has 1 aliphatic heterocycles. The molecule has 1 aromatic carbocycles. The Kier molecular flexibility index (Phi) is 3.01. The van der Waals surface area contributed by atoms with E-state index in [4.69, 9.17) is 4.74 Å². The fourth-order valence-electron chi connectivity index (χ4n) is 6.19. The largest absolute Gasteiger partial charge is 0.493 e. The van der Waals surface area contributed by atoms with Crippen LogP contribution in [0.15, 0.2) is 24.3 Å². The zero-order valence-corrected chi connectivity index (χ0v) is 13.6. The molecule has 23 heavy (non-hydrogen) atoms. The molecule has 1 amide bonds. The van der Waals surface area contributed by atoms with Gasteiger partial charge in [0, 0.05) is 23.4 Å². The Morgan fingerprint density at radius 2 is 1.74 bits per heavy atom. The van der Waals surface area contributed by atoms with Gasteiger partial charge in [0.05, 0.1) is 6.61 Å². The van der Waals surface area contributed by atoms with E-state index in [0.717, 1.165) is 49.3 Å². The van der Waals surface area contributed by atoms with Crippen molar-refractivity contribution in [3.8, 4) is 5.75 Å². The van der Waals surface area contributed by atoms with Crippen LogP contribution in [-0.4, -0.2) is 19.1 Å². The van der Waals surface area contributed by atoms with Crippen LogP contribution in [0.5, 0.6) is 5.75 Å². The molecule has 0 radical (unpaired) electrons. The van der Waals surface area contributed by atoms with Gasteiger partial charge in [0.2, 0.25) is 5.91 Å². The normalized spacial score (nSPS) is 39.8. The van der Waals surface area contributed by atoms with E-state index in [1.165, 1.54) is 24.8 Å². The first-order valence-corrected chi connectivity index (χ1v) is 9.22. The first-order valence-electron chi connectivity index (χ1n) is 9.22. The second-order valence-corrected chi connectivity index (χ2v) is 8.45. The molecule has 5 aliphatic rings. The molecule has 1 unspecified atom stereocenters. The van der Waals surface area contributed by atoms with Crippen LogP contribution < -0.4 is 10.1 Å². The highest BCUT2D eigenvalue weighted by atomic mass is 16.5. The number of hydrogen-bond donors (Lipinski definition) is 1. The first kappa shape index (κ1) is 13.9. The summed E-state index contributed by atoms with van der Waals surface area (Å²) in [5, 5.41) is 3.30. The van der Waals surface area contributed by atoms with Gasteiger partial charge in [-0.2, -0.15) is 0 Å². The van der Waals surface area contributed by atoms with Gasteiger partial charge in [-0.1, -0.05) is 18.2 Å². The summed E-state index contributed by atoms with van der Waals surface area (Å²) in [6.07, 6.45) is 7.58. The van der Waals surface area contributed by atoms with Crippen molar-refractivity contribution in [3.63, 3.8) is 0 Å². The molecule has 122 valence electrons. The number of benzene rings is 1. The number of amides is 1. The van der Waals surface area contributed by atoms with E-state index < -0.39 is 0 Å². The molecule has 0 spiro atoms. The van der Waals surface area contributed by atoms with E-state index in [2.05, 4.69) is 17.4 Å². The summed E-state index contributed by atoms with van der Waals surface area (Å²) in [6, 6.07) is 8.22. The molecule has 0 saturated heterocycles. The monoisotopic (exact) mass is 311 g/mol. The number of carbonyl (C=O) groups is 1. The second kappa shape index (κ2) is 4.99. The summed E-state index contributed by atoms with van der Waals surface area (Å²) < 4.78 is 5.74. The van der Waals surface area contributed by atoms with Crippen LogP contribution in [-0.2, 0) is 4.79 Å². The molecule has 4 aliphatic carbocycles. The van der Waals surface area contributed by atoms with Crippen molar-refractivity contribution < 1.29 is 9.53 Å². The number of carbonyl (C=O) groups excluding carboxylic acids is 1. The van der Waals surface area contributed by atoms with Crippen molar-refractivity contribution in [2.24, 2.45) is 23.2 Å². The zero-order chi connectivity index (χ0) is 15.4. The maximum Gasteiger partial charge on any atom is 0.226 e. The van der Waals surface area contributed by atoms with Gasteiger partial charge in [0.15, 0.2) is 0 Å². The molecule has 4 bridgehead atoms. The van der Waals surface area contributed by atoms with Crippen molar-refractivity contribution in [3.05, 3.63) is 29.8 Å². The van der Waals surface area contributed by atoms with Crippen LogP contribution in [0.2, 0.25) is 0 Å². The van der Waals surface area contributed by atoms with Gasteiger partial charge in [-0.3, -0.25) is 4.79 Å². The minimum atomic E-state index is -0.0340. The summed E-state index contributed by atoms with van der Waals surface area (Å²) in [6.45, 7) is 1.41. The van der Waals surface area contributed by atoms with Crippen molar-refractivity contribution in [2.75, 3.05) is 13.2 Å². The highest BCUT2D eigenvalue weighted by molar-refractivity contribution is 5.83. The Balaban J connectivity index is 1.28. The topological polar surface area (TPSA) is 38.3 Å². The Bertz CT molecular complexity index is 603. The standard InChI is InChI=1S/C20H25NO2/c22-19(20-8-13-5-14(9-20)7-15(6-13)10-20)21-11-16-12-23-18-4-2-1-3-17(16)18/h1-4,13-16H,5-12H2,(H,21,22). The van der Waals surface area contributed by atoms with Gasteiger partial charge in [-0.25, -0.2) is 0 Å². The third kappa shape index (κ3) is 2.20. The lowest BCUT2D eigenvalue weighted by atomic mass is 9.49. The van der Waals surface area contributed by atoms with Gasteiger partial charge in [-0.05, 0) is 62.3 Å². The minimum Gasteiger partial charge on any atom is -0.493 e. The molecule has 1 atom stereocenters. The van der Waals surface area contributed by atoms with Gasteiger partial charge in [0.1, 0.15) is 5.75 Å². The maximum atomic E-state index is 13.0. The van der Waals surface area contributed by atoms with E-state index in [1.54, 1.807) is 0 Å². The minimum absolute atomic E-state index is 0.0340. The van der Waals surface area contributed by atoms with Crippen LogP contribution >= 0.6 is 0 Å². The van der Waals surface area contributed by atoms with E-state index in [-0.39, 0.29) is 5.41 Å². The SMILES string of the molecule is O=C(NCC1COc2ccccc21)C12CC3CC(CC(C3)C1)C2. The number of hydrogen-bond acceptors (Lipinski definition) is 2. The molecule has 3 nitrogen and oxygen atoms in total. The van der Waals surface area contributed by atoms with Crippen molar-refractivity contribution in [1.82, 2.24) is 5.32 Å². The molecular weight excluding hydrogens is 286 g/mol. The van der Waals surface area contributed by atoms with Crippen molar-refractivity contribution >= 4 is 5.91 Å². The second-order valence-electron chi connectivity index (χ2n) is 8.45. The third-order valence-corrected chi connectivity index (χ3v) is 6.83. The lowest BCUT2D eigenvalue weighted by Gasteiger charge is -2.55. The van der Waals surface area contributed by atoms with Gasteiger partial charge in [0.25, 0.3) is 0 Å². The molecule has 1 N–H and O–H groups in total. The predicted octanol–water partition coefficient (Wildman–Crippen LogP) is 3.50. The van der Waals surface area contributed by atoms with E-state index >= 15 is 0 Å². The molecular formula is C20H25NO2. The first-order chi connectivity index (χ1) is 11.2. The molecule has 1 aromatic rings. The summed E-state index contributed by atoms with van der Waals surface area (Å²) >= 11 is 0. The quantitative estimate of drug-likeness (QED) is 0.928. The van der Waals surface area contributed by atoms with Gasteiger partial charge >= 0.3 is 0 Å². The van der Waals surface area contributed by atoms with E-state index in [9.17, 15) is 4.79 Å². The number of para-hydroxylation sites is 1. The Labute approximate surface area is 137 Å². The number of nitrogens with one attached hydrogen (secondary N) is 1. The lowest BCUT2D eigenvalue weighted by molar-refractivity contribution is -0.146. The average Bonchev–Trinajstić information content (AvgIpc) is 2.94. The van der Waals surface area contributed by atoms with Crippen molar-refractivity contribution in [1.29, 1.82) is 0 Å². The average molecular weight is 311 g/mol. The summed E-state index contributed by atoms with van der Waals surface area (Å²) in [5.74, 6) is 4.10. The number of rotatable bonds is 3. The van der Waals surface area contributed by atoms with Crippen molar-refractivity contribution in [2.45, 2.75) is 44.4 Å². The zero-order valence-electron chi connectivity index (χ0n) is 13.6. The summed E-state index contributed by atoms with van der Waals surface area (Å²) in [4.78, 5) is 13.0. The van der Waals surface area contributed by atoms with Gasteiger partial charge < -0.3 is 10.1 Å². The molecule has 4 saturated carbocycles. The van der Waals surface area contributed by atoms with E-state index in [1.807, 2.05) is 12.1 Å². The number of fused-ring (bicyclic) bond motifs is 1. The maximum absolute atomic E-state index is 13.0. The Morgan fingerprint density at radius 3 is 2.43 bits per heavy atom. The summed E-state index contributed by atoms with van der Waals surface area (Å²) in [7, 11) is 0. The van der Waals surface area contributed by atoms with E-state index in [0.29, 0.717) is 18.4 Å². The van der Waals surface area contributed by atoms with Crippen LogP contribution in [0.4, 0.5) is 0 Å². The Morgan fingerprint density at radius 1 is 1.09 bits per heavy atom. The number of ether oxygens (including phenoxy) is 1. The van der Waals surface area contributed by atoms with Crippen LogP contribution in [0, 0.1) is 23.2 Å². The van der Waals surface area contributed by atoms with Gasteiger partial charge in [-0.15, -0.1) is 0 Å². The fourth-order valence-corrected chi connectivity index (χ4v) is 6.19. The molecule has 4 fully saturated rings. The molecule has 1 heterocycles. The smallest absolute Gasteiger partial charge is 0.226 e. The lowest BCUT2D eigenvalue weighted by Crippen LogP contribution is -2.54.